The van der Waals surface area contributed by atoms with Crippen molar-refractivity contribution >= 4 is 11.8 Å². The van der Waals surface area contributed by atoms with E-state index < -0.39 is 17.3 Å². The normalized spacial score (nSPS) is 25.6. The van der Waals surface area contributed by atoms with E-state index in [0.29, 0.717) is 17.8 Å². The minimum absolute atomic E-state index is 0.0372. The second kappa shape index (κ2) is 8.49. The zero-order valence-electron chi connectivity index (χ0n) is 19.2. The average molecular weight is 452 g/mol. The van der Waals surface area contributed by atoms with Gasteiger partial charge in [-0.05, 0) is 48.4 Å². The molecule has 2 aliphatic rings. The van der Waals surface area contributed by atoms with Crippen molar-refractivity contribution in [3.63, 3.8) is 0 Å². The number of nitriles is 1. The lowest BCUT2D eigenvalue weighted by atomic mass is 9.51. The van der Waals surface area contributed by atoms with E-state index in [2.05, 4.69) is 23.2 Å². The van der Waals surface area contributed by atoms with Gasteiger partial charge in [-0.2, -0.15) is 5.26 Å². The summed E-state index contributed by atoms with van der Waals surface area (Å²) < 4.78 is 4.79. The van der Waals surface area contributed by atoms with Crippen LogP contribution in [0, 0.1) is 29.1 Å². The number of aryl methyl sites for hydroxylation is 1. The average Bonchev–Trinajstić information content (AvgIpc) is 2.90. The lowest BCUT2D eigenvalue weighted by molar-refractivity contribution is -0.131. The molecule has 1 aromatic heterocycles. The van der Waals surface area contributed by atoms with Crippen molar-refractivity contribution in [2.75, 3.05) is 7.11 Å². The Kier molecular flexibility index (Phi) is 5.49. The molecule has 1 heterocycles. The SMILES string of the molecule is COC(=O)c1ccc(-c2ncc3c(n2)[C@@]2(c4ccccc4)CC(C#N)C(=O)[C@@H](C)[C@@H]2CC3)cc1. The number of fused-ring (bicyclic) bond motifs is 3. The third-order valence-corrected chi connectivity index (χ3v) is 7.58. The van der Waals surface area contributed by atoms with Crippen molar-refractivity contribution < 1.29 is 14.3 Å². The van der Waals surface area contributed by atoms with Gasteiger partial charge in [-0.25, -0.2) is 14.8 Å². The van der Waals surface area contributed by atoms with E-state index >= 15 is 0 Å². The van der Waals surface area contributed by atoms with E-state index in [0.717, 1.165) is 35.2 Å². The fourth-order valence-electron chi connectivity index (χ4n) is 5.90. The van der Waals surface area contributed by atoms with Gasteiger partial charge in [-0.1, -0.05) is 49.4 Å². The summed E-state index contributed by atoms with van der Waals surface area (Å²) in [7, 11) is 1.35. The molecule has 0 aliphatic heterocycles. The summed E-state index contributed by atoms with van der Waals surface area (Å²) in [5.41, 5.74) is 3.78. The van der Waals surface area contributed by atoms with E-state index in [1.165, 1.54) is 7.11 Å². The third kappa shape index (κ3) is 3.31. The number of hydrogen-bond acceptors (Lipinski definition) is 6. The number of ether oxygens (including phenoxy) is 1. The predicted octanol–water partition coefficient (Wildman–Crippen LogP) is 4.53. The number of methoxy groups -OCH3 is 1. The molecule has 34 heavy (non-hydrogen) atoms. The molecule has 1 unspecified atom stereocenters. The molecule has 2 aliphatic carbocycles. The molecular weight excluding hydrogens is 426 g/mol. The quantitative estimate of drug-likeness (QED) is 0.543. The van der Waals surface area contributed by atoms with Crippen LogP contribution in [0.1, 0.15) is 46.9 Å². The van der Waals surface area contributed by atoms with Crippen LogP contribution < -0.4 is 0 Å². The number of carbonyl (C=O) groups excluding carboxylic acids is 2. The fraction of sp³-hybridized carbons (Fsp3) is 0.321. The van der Waals surface area contributed by atoms with Crippen molar-refractivity contribution in [2.45, 2.75) is 31.6 Å². The maximum absolute atomic E-state index is 13.0. The largest absolute Gasteiger partial charge is 0.465 e. The number of carbonyl (C=O) groups is 2. The van der Waals surface area contributed by atoms with Gasteiger partial charge in [0.25, 0.3) is 0 Å². The number of Topliss-reactive ketones (excluding diaryl/α,β-unsaturated/α-hetero) is 1. The summed E-state index contributed by atoms with van der Waals surface area (Å²) >= 11 is 0. The van der Waals surface area contributed by atoms with Crippen LogP contribution >= 0.6 is 0 Å². The highest BCUT2D eigenvalue weighted by Gasteiger charge is 2.56. The summed E-state index contributed by atoms with van der Waals surface area (Å²) in [6.07, 6.45) is 3.95. The molecule has 0 radical (unpaired) electrons. The minimum atomic E-state index is -0.671. The lowest BCUT2D eigenvalue weighted by Crippen LogP contribution is -2.53. The zero-order chi connectivity index (χ0) is 23.9. The molecule has 0 amide bonds. The van der Waals surface area contributed by atoms with Gasteiger partial charge in [0.2, 0.25) is 0 Å². The fourth-order valence-corrected chi connectivity index (χ4v) is 5.90. The van der Waals surface area contributed by atoms with Gasteiger partial charge < -0.3 is 4.74 Å². The second-order valence-electron chi connectivity index (χ2n) is 9.20. The van der Waals surface area contributed by atoms with Crippen molar-refractivity contribution in [3.8, 4) is 17.5 Å². The number of rotatable bonds is 3. The first kappa shape index (κ1) is 22.0. The van der Waals surface area contributed by atoms with Crippen molar-refractivity contribution in [1.82, 2.24) is 9.97 Å². The van der Waals surface area contributed by atoms with Crippen molar-refractivity contribution in [1.29, 1.82) is 5.26 Å². The Morgan fingerprint density at radius 2 is 1.88 bits per heavy atom. The van der Waals surface area contributed by atoms with Crippen LogP contribution in [0.15, 0.2) is 60.8 Å². The van der Waals surface area contributed by atoms with Crippen LogP contribution in [0.5, 0.6) is 0 Å². The number of benzene rings is 2. The van der Waals surface area contributed by atoms with Crippen molar-refractivity contribution in [2.24, 2.45) is 17.8 Å². The molecule has 1 saturated carbocycles. The van der Waals surface area contributed by atoms with E-state index in [4.69, 9.17) is 9.72 Å². The summed E-state index contributed by atoms with van der Waals surface area (Å²) in [4.78, 5) is 34.5. The van der Waals surface area contributed by atoms with E-state index in [1.807, 2.05) is 43.5 Å². The Hall–Kier alpha value is -3.85. The Bertz CT molecular complexity index is 1300. The highest BCUT2D eigenvalue weighted by Crippen LogP contribution is 2.55. The van der Waals surface area contributed by atoms with Crippen LogP contribution in [-0.4, -0.2) is 28.8 Å². The molecule has 6 nitrogen and oxygen atoms in total. The summed E-state index contributed by atoms with van der Waals surface area (Å²) in [5.74, 6) is -0.643. The molecule has 5 rings (SSSR count). The van der Waals surface area contributed by atoms with Crippen molar-refractivity contribution in [3.05, 3.63) is 83.2 Å². The summed E-state index contributed by atoms with van der Waals surface area (Å²) in [5, 5.41) is 9.86. The lowest BCUT2D eigenvalue weighted by Gasteiger charge is -2.51. The standard InChI is InChI=1S/C28H25N3O3/c1-17-23-13-12-20-16-30-26(18-8-10-19(11-9-18)27(33)34-2)31-25(20)28(23,14-21(15-29)24(17)32)22-6-4-3-5-7-22/h3-11,16-17,21,23H,12-14H2,1-2H3/t17-,21?,23-,28+/m0/s1. The van der Waals surface area contributed by atoms with Crippen LogP contribution in [0.2, 0.25) is 0 Å². The van der Waals surface area contributed by atoms with Crippen LogP contribution in [0.25, 0.3) is 11.4 Å². The summed E-state index contributed by atoms with van der Waals surface area (Å²) in [6, 6.07) is 19.5. The molecule has 3 aromatic rings. The maximum atomic E-state index is 13.0. The van der Waals surface area contributed by atoms with Gasteiger partial charge in [-0.3, -0.25) is 4.79 Å². The molecule has 0 saturated heterocycles. The molecule has 0 spiro atoms. The molecule has 4 atom stereocenters. The molecule has 6 heteroatoms. The third-order valence-electron chi connectivity index (χ3n) is 7.58. The number of esters is 1. The number of nitrogens with zero attached hydrogens (tertiary/aromatic N) is 3. The van der Waals surface area contributed by atoms with Gasteiger partial charge >= 0.3 is 5.97 Å². The Labute approximate surface area is 198 Å². The van der Waals surface area contributed by atoms with Gasteiger partial charge in [0.1, 0.15) is 5.92 Å². The topological polar surface area (TPSA) is 92.9 Å². The predicted molar refractivity (Wildman–Crippen MR) is 126 cm³/mol. The highest BCUT2D eigenvalue weighted by molar-refractivity contribution is 5.90. The molecular formula is C28H25N3O3. The van der Waals surface area contributed by atoms with Crippen LogP contribution in [0.3, 0.4) is 0 Å². The molecule has 0 bridgehead atoms. The number of ketones is 1. The minimum Gasteiger partial charge on any atom is -0.465 e. The zero-order valence-corrected chi connectivity index (χ0v) is 19.2. The van der Waals surface area contributed by atoms with Gasteiger partial charge in [0.15, 0.2) is 11.6 Å². The maximum Gasteiger partial charge on any atom is 0.337 e. The van der Waals surface area contributed by atoms with Gasteiger partial charge in [-0.15, -0.1) is 0 Å². The first-order chi connectivity index (χ1) is 16.5. The Morgan fingerprint density at radius 3 is 2.56 bits per heavy atom. The van der Waals surface area contributed by atoms with E-state index in [1.54, 1.807) is 12.1 Å². The van der Waals surface area contributed by atoms with Crippen LogP contribution in [-0.2, 0) is 21.4 Å². The Balaban J connectivity index is 1.69. The molecule has 170 valence electrons. The second-order valence-corrected chi connectivity index (χ2v) is 9.20. The highest BCUT2D eigenvalue weighted by atomic mass is 16.5. The first-order valence-electron chi connectivity index (χ1n) is 11.5. The Morgan fingerprint density at radius 1 is 1.15 bits per heavy atom. The summed E-state index contributed by atoms with van der Waals surface area (Å²) in [6.45, 7) is 1.97. The van der Waals surface area contributed by atoms with Crippen LogP contribution in [0.4, 0.5) is 0 Å². The first-order valence-corrected chi connectivity index (χ1v) is 11.5. The molecule has 2 aromatic carbocycles. The number of hydrogen-bond donors (Lipinski definition) is 0. The number of aromatic nitrogens is 2. The van der Waals surface area contributed by atoms with E-state index in [9.17, 15) is 14.9 Å². The molecule has 1 fully saturated rings. The smallest absolute Gasteiger partial charge is 0.337 e. The van der Waals surface area contributed by atoms with Gasteiger partial charge in [0, 0.05) is 23.1 Å². The van der Waals surface area contributed by atoms with Gasteiger partial charge in [0.05, 0.1) is 24.4 Å². The van der Waals surface area contributed by atoms with E-state index in [-0.39, 0.29) is 17.6 Å². The molecule has 0 N–H and O–H groups in total. The monoisotopic (exact) mass is 451 g/mol.